The number of carbonyl (C=O) groups is 1. The quantitative estimate of drug-likeness (QED) is 0.913. The smallest absolute Gasteiger partial charge is 0.272 e. The molecule has 0 radical (unpaired) electrons. The molecular formula is C21H28N4O. The number of nitrogens with zero attached hydrogens (tertiary/aromatic N) is 3. The first-order valence-corrected chi connectivity index (χ1v) is 9.26. The third-order valence-corrected chi connectivity index (χ3v) is 4.97. The van der Waals surface area contributed by atoms with Crippen molar-refractivity contribution in [1.82, 2.24) is 14.8 Å². The molecule has 1 aliphatic heterocycles. The molecule has 1 amide bonds. The van der Waals surface area contributed by atoms with Crippen LogP contribution in [-0.2, 0) is 0 Å². The van der Waals surface area contributed by atoms with Gasteiger partial charge in [-0.15, -0.1) is 0 Å². The average molecular weight is 352 g/mol. The lowest BCUT2D eigenvalue weighted by Gasteiger charge is -2.32. The average Bonchev–Trinajstić information content (AvgIpc) is 2.63. The van der Waals surface area contributed by atoms with Gasteiger partial charge in [-0.05, 0) is 43.1 Å². The Morgan fingerprint density at radius 2 is 1.88 bits per heavy atom. The molecule has 2 heterocycles. The summed E-state index contributed by atoms with van der Waals surface area (Å²) in [6.07, 6.45) is 1.71. The Morgan fingerprint density at radius 1 is 1.15 bits per heavy atom. The number of carbonyl (C=O) groups excluding carboxylic acids is 1. The van der Waals surface area contributed by atoms with E-state index in [9.17, 15) is 4.79 Å². The van der Waals surface area contributed by atoms with E-state index in [0.717, 1.165) is 37.6 Å². The third kappa shape index (κ3) is 4.05. The van der Waals surface area contributed by atoms with Crippen molar-refractivity contribution in [3.05, 3.63) is 53.3 Å². The Kier molecular flexibility index (Phi) is 5.57. The monoisotopic (exact) mass is 352 g/mol. The van der Waals surface area contributed by atoms with E-state index in [-0.39, 0.29) is 5.91 Å². The van der Waals surface area contributed by atoms with Crippen molar-refractivity contribution in [3.63, 3.8) is 0 Å². The van der Waals surface area contributed by atoms with Gasteiger partial charge >= 0.3 is 0 Å². The molecule has 1 aromatic carbocycles. The lowest BCUT2D eigenvalue weighted by Crippen LogP contribution is -2.47. The number of hydrogen-bond donors (Lipinski definition) is 1. The maximum absolute atomic E-state index is 12.8. The molecule has 0 unspecified atom stereocenters. The van der Waals surface area contributed by atoms with Crippen molar-refractivity contribution in [2.45, 2.75) is 26.7 Å². The zero-order valence-electron chi connectivity index (χ0n) is 16.1. The Morgan fingerprint density at radius 3 is 2.58 bits per heavy atom. The fourth-order valence-electron chi connectivity index (χ4n) is 3.28. The number of piperazine rings is 1. The third-order valence-electron chi connectivity index (χ3n) is 4.97. The Labute approximate surface area is 156 Å². The molecular weight excluding hydrogens is 324 g/mol. The van der Waals surface area contributed by atoms with E-state index in [1.165, 1.54) is 11.1 Å². The number of likely N-dealkylation sites (N-methyl/N-ethyl adjacent to an activating group) is 1. The van der Waals surface area contributed by atoms with Crippen LogP contribution in [0.25, 0.3) is 0 Å². The number of para-hydroxylation sites is 1. The van der Waals surface area contributed by atoms with E-state index in [0.29, 0.717) is 11.6 Å². The maximum Gasteiger partial charge on any atom is 0.272 e. The maximum atomic E-state index is 12.8. The molecule has 138 valence electrons. The SMILES string of the molecule is Cc1cccc(C(C)C)c1Nc1ccnc(C(=O)N2CCN(C)CC2)c1. The van der Waals surface area contributed by atoms with Gasteiger partial charge < -0.3 is 15.1 Å². The summed E-state index contributed by atoms with van der Waals surface area (Å²) < 4.78 is 0. The van der Waals surface area contributed by atoms with E-state index in [1.54, 1.807) is 6.20 Å². The zero-order valence-corrected chi connectivity index (χ0v) is 16.1. The fourth-order valence-corrected chi connectivity index (χ4v) is 3.28. The molecule has 1 aromatic heterocycles. The predicted octanol–water partition coefficient (Wildman–Crippen LogP) is 3.64. The Bertz CT molecular complexity index is 779. The van der Waals surface area contributed by atoms with Gasteiger partial charge in [-0.3, -0.25) is 9.78 Å². The minimum Gasteiger partial charge on any atom is -0.355 e. The van der Waals surface area contributed by atoms with E-state index >= 15 is 0 Å². The second kappa shape index (κ2) is 7.87. The number of amides is 1. The number of nitrogens with one attached hydrogen (secondary N) is 1. The molecule has 0 spiro atoms. The highest BCUT2D eigenvalue weighted by Crippen LogP contribution is 2.30. The summed E-state index contributed by atoms with van der Waals surface area (Å²) in [7, 11) is 2.08. The predicted molar refractivity (Wildman–Crippen MR) is 106 cm³/mol. The van der Waals surface area contributed by atoms with Crippen LogP contribution in [0.2, 0.25) is 0 Å². The van der Waals surface area contributed by atoms with Gasteiger partial charge in [-0.1, -0.05) is 32.0 Å². The van der Waals surface area contributed by atoms with Crippen LogP contribution < -0.4 is 5.32 Å². The van der Waals surface area contributed by atoms with Crippen LogP contribution in [0.5, 0.6) is 0 Å². The minimum absolute atomic E-state index is 0.00983. The number of anilines is 2. The molecule has 1 saturated heterocycles. The van der Waals surface area contributed by atoms with Crippen LogP contribution in [0.1, 0.15) is 41.4 Å². The molecule has 5 heteroatoms. The molecule has 0 atom stereocenters. The van der Waals surface area contributed by atoms with Crippen LogP contribution in [0.15, 0.2) is 36.5 Å². The molecule has 0 aliphatic carbocycles. The number of aromatic nitrogens is 1. The number of benzene rings is 1. The molecule has 3 rings (SSSR count). The van der Waals surface area contributed by atoms with Crippen molar-refractivity contribution in [2.24, 2.45) is 0 Å². The van der Waals surface area contributed by atoms with Gasteiger partial charge in [0.25, 0.3) is 5.91 Å². The van der Waals surface area contributed by atoms with Gasteiger partial charge in [0, 0.05) is 43.8 Å². The van der Waals surface area contributed by atoms with Gasteiger partial charge in [0.2, 0.25) is 0 Å². The van der Waals surface area contributed by atoms with Crippen LogP contribution in [-0.4, -0.2) is 53.9 Å². The fraction of sp³-hybridized carbons (Fsp3) is 0.429. The highest BCUT2D eigenvalue weighted by atomic mass is 16.2. The number of rotatable bonds is 4. The zero-order chi connectivity index (χ0) is 18.7. The first kappa shape index (κ1) is 18.4. The van der Waals surface area contributed by atoms with Gasteiger partial charge in [0.1, 0.15) is 5.69 Å². The summed E-state index contributed by atoms with van der Waals surface area (Å²) in [4.78, 5) is 21.2. The van der Waals surface area contributed by atoms with E-state index < -0.39 is 0 Å². The van der Waals surface area contributed by atoms with Crippen molar-refractivity contribution in [1.29, 1.82) is 0 Å². The molecule has 2 aromatic rings. The largest absolute Gasteiger partial charge is 0.355 e. The topological polar surface area (TPSA) is 48.5 Å². The summed E-state index contributed by atoms with van der Waals surface area (Å²) >= 11 is 0. The van der Waals surface area contributed by atoms with Crippen molar-refractivity contribution in [2.75, 3.05) is 38.5 Å². The molecule has 5 nitrogen and oxygen atoms in total. The van der Waals surface area contributed by atoms with Crippen LogP contribution in [0.4, 0.5) is 11.4 Å². The van der Waals surface area contributed by atoms with Crippen molar-refractivity contribution < 1.29 is 4.79 Å². The molecule has 0 bridgehead atoms. The normalized spacial score (nSPS) is 15.3. The molecule has 1 N–H and O–H groups in total. The summed E-state index contributed by atoms with van der Waals surface area (Å²) in [6, 6.07) is 10.1. The molecule has 0 saturated carbocycles. The van der Waals surface area contributed by atoms with Gasteiger partial charge in [-0.2, -0.15) is 0 Å². The van der Waals surface area contributed by atoms with E-state index in [4.69, 9.17) is 0 Å². The number of pyridine rings is 1. The molecule has 1 aliphatic rings. The van der Waals surface area contributed by atoms with Crippen LogP contribution in [0, 0.1) is 6.92 Å². The number of hydrogen-bond acceptors (Lipinski definition) is 4. The summed E-state index contributed by atoms with van der Waals surface area (Å²) in [5.41, 5.74) is 4.98. The first-order chi connectivity index (χ1) is 12.5. The van der Waals surface area contributed by atoms with Crippen LogP contribution >= 0.6 is 0 Å². The molecule has 26 heavy (non-hydrogen) atoms. The van der Waals surface area contributed by atoms with Crippen LogP contribution in [0.3, 0.4) is 0 Å². The molecule has 1 fully saturated rings. The van der Waals surface area contributed by atoms with Gasteiger partial charge in [-0.25, -0.2) is 0 Å². The van der Waals surface area contributed by atoms with Gasteiger partial charge in [0.05, 0.1) is 0 Å². The Balaban J connectivity index is 1.81. The minimum atomic E-state index is 0.00983. The lowest BCUT2D eigenvalue weighted by atomic mass is 9.98. The summed E-state index contributed by atoms with van der Waals surface area (Å²) in [6.45, 7) is 9.80. The standard InChI is InChI=1S/C21H28N4O/c1-15(2)18-7-5-6-16(3)20(18)23-17-8-9-22-19(14-17)21(26)25-12-10-24(4)11-13-25/h5-9,14-15H,10-13H2,1-4H3,(H,22,23). The van der Waals surface area contributed by atoms with Gasteiger partial charge in [0.15, 0.2) is 0 Å². The lowest BCUT2D eigenvalue weighted by molar-refractivity contribution is 0.0658. The summed E-state index contributed by atoms with van der Waals surface area (Å²) in [5.74, 6) is 0.432. The Hall–Kier alpha value is -2.40. The highest BCUT2D eigenvalue weighted by molar-refractivity contribution is 5.93. The second-order valence-electron chi connectivity index (χ2n) is 7.34. The first-order valence-electron chi connectivity index (χ1n) is 9.26. The van der Waals surface area contributed by atoms with E-state index in [1.807, 2.05) is 17.0 Å². The highest BCUT2D eigenvalue weighted by Gasteiger charge is 2.21. The second-order valence-corrected chi connectivity index (χ2v) is 7.34. The van der Waals surface area contributed by atoms with E-state index in [2.05, 4.69) is 61.2 Å². The number of aryl methyl sites for hydroxylation is 1. The van der Waals surface area contributed by atoms with Crippen molar-refractivity contribution in [3.8, 4) is 0 Å². The van der Waals surface area contributed by atoms with Crippen molar-refractivity contribution >= 4 is 17.3 Å². The summed E-state index contributed by atoms with van der Waals surface area (Å²) in [5, 5.41) is 3.51.